The number of nitrogens with zero attached hydrogens (tertiary/aromatic N) is 4. The molecule has 24 heavy (non-hydrogen) atoms. The highest BCUT2D eigenvalue weighted by Gasteiger charge is 2.27. The predicted molar refractivity (Wildman–Crippen MR) is 93.4 cm³/mol. The summed E-state index contributed by atoms with van der Waals surface area (Å²) >= 11 is 1.52. The molecule has 7 heteroatoms. The molecule has 0 aromatic carbocycles. The van der Waals surface area contributed by atoms with E-state index in [2.05, 4.69) is 23.9 Å². The number of hydrogen-bond acceptors (Lipinski definition) is 5. The van der Waals surface area contributed by atoms with Gasteiger partial charge in [0, 0.05) is 38.0 Å². The van der Waals surface area contributed by atoms with E-state index in [0.29, 0.717) is 25.6 Å². The van der Waals surface area contributed by atoms with Crippen LogP contribution in [0.25, 0.3) is 0 Å². The lowest BCUT2D eigenvalue weighted by molar-refractivity contribution is 0.0368. The Bertz CT molecular complexity index is 681. The molecule has 0 radical (unpaired) electrons. The van der Waals surface area contributed by atoms with Crippen molar-refractivity contribution in [1.29, 1.82) is 0 Å². The maximum absolute atomic E-state index is 13.0. The van der Waals surface area contributed by atoms with Crippen molar-refractivity contribution in [2.75, 3.05) is 19.7 Å². The third-order valence-corrected chi connectivity index (χ3v) is 5.53. The fourth-order valence-corrected chi connectivity index (χ4v) is 3.85. The van der Waals surface area contributed by atoms with E-state index in [9.17, 15) is 4.79 Å². The van der Waals surface area contributed by atoms with Crippen molar-refractivity contribution in [3.8, 4) is 0 Å². The SMILES string of the molecule is Cc1nc(C(C)C)sc1C(=O)N1CCCOC(Cn2cccn2)C1. The van der Waals surface area contributed by atoms with Crippen molar-refractivity contribution in [2.24, 2.45) is 0 Å². The molecule has 130 valence electrons. The van der Waals surface area contributed by atoms with Gasteiger partial charge in [-0.2, -0.15) is 5.10 Å². The number of carbonyl (C=O) groups is 1. The predicted octanol–water partition coefficient (Wildman–Crippen LogP) is 2.70. The number of ether oxygens (including phenoxy) is 1. The summed E-state index contributed by atoms with van der Waals surface area (Å²) in [5.41, 5.74) is 0.836. The summed E-state index contributed by atoms with van der Waals surface area (Å²) in [6, 6.07) is 1.90. The molecule has 1 aliphatic rings. The van der Waals surface area contributed by atoms with Crippen LogP contribution >= 0.6 is 11.3 Å². The van der Waals surface area contributed by atoms with E-state index in [1.807, 2.05) is 28.8 Å². The number of aryl methyl sites for hydroxylation is 1. The van der Waals surface area contributed by atoms with Crippen LogP contribution in [-0.4, -0.2) is 51.4 Å². The molecule has 2 aromatic rings. The number of rotatable bonds is 4. The van der Waals surface area contributed by atoms with Gasteiger partial charge in [0.1, 0.15) is 4.88 Å². The first kappa shape index (κ1) is 17.1. The van der Waals surface area contributed by atoms with Crippen molar-refractivity contribution >= 4 is 17.2 Å². The van der Waals surface area contributed by atoms with Gasteiger partial charge in [-0.25, -0.2) is 4.98 Å². The number of aromatic nitrogens is 3. The van der Waals surface area contributed by atoms with Crippen LogP contribution in [0.4, 0.5) is 0 Å². The van der Waals surface area contributed by atoms with E-state index in [-0.39, 0.29) is 12.0 Å². The lowest BCUT2D eigenvalue weighted by Crippen LogP contribution is -2.38. The standard InChI is InChI=1S/C17H24N4O2S/c1-12(2)16-19-13(3)15(24-16)17(22)20-7-5-9-23-14(10-20)11-21-8-4-6-18-21/h4,6,8,12,14H,5,7,9-11H2,1-3H3. The zero-order chi connectivity index (χ0) is 17.1. The van der Waals surface area contributed by atoms with Gasteiger partial charge in [-0.1, -0.05) is 13.8 Å². The van der Waals surface area contributed by atoms with Gasteiger partial charge in [0.05, 0.1) is 23.4 Å². The van der Waals surface area contributed by atoms with Crippen LogP contribution in [0, 0.1) is 6.92 Å². The minimum atomic E-state index is -0.0332. The van der Waals surface area contributed by atoms with E-state index < -0.39 is 0 Å². The lowest BCUT2D eigenvalue weighted by atomic mass is 10.2. The summed E-state index contributed by atoms with van der Waals surface area (Å²) in [4.78, 5) is 20.2. The quantitative estimate of drug-likeness (QED) is 0.852. The smallest absolute Gasteiger partial charge is 0.265 e. The Balaban J connectivity index is 1.73. The van der Waals surface area contributed by atoms with Crippen molar-refractivity contribution in [3.05, 3.63) is 34.0 Å². The second-order valence-electron chi connectivity index (χ2n) is 6.45. The summed E-state index contributed by atoms with van der Waals surface area (Å²) in [6.45, 7) is 8.78. The zero-order valence-electron chi connectivity index (χ0n) is 14.4. The van der Waals surface area contributed by atoms with Crippen LogP contribution in [-0.2, 0) is 11.3 Å². The Hall–Kier alpha value is -1.73. The van der Waals surface area contributed by atoms with Crippen LogP contribution in [0.1, 0.15) is 46.6 Å². The molecule has 1 atom stereocenters. The summed E-state index contributed by atoms with van der Waals surface area (Å²) in [6.07, 6.45) is 4.50. The highest BCUT2D eigenvalue weighted by atomic mass is 32.1. The molecule has 0 bridgehead atoms. The van der Waals surface area contributed by atoms with Gasteiger partial charge < -0.3 is 9.64 Å². The van der Waals surface area contributed by atoms with Gasteiger partial charge in [-0.3, -0.25) is 9.48 Å². The third-order valence-electron chi connectivity index (χ3n) is 4.09. The second kappa shape index (κ2) is 7.44. The second-order valence-corrected chi connectivity index (χ2v) is 7.48. The summed E-state index contributed by atoms with van der Waals surface area (Å²) in [5, 5.41) is 5.25. The number of thiazole rings is 1. The minimum Gasteiger partial charge on any atom is -0.374 e. The van der Waals surface area contributed by atoms with Crippen LogP contribution in [0.5, 0.6) is 0 Å². The van der Waals surface area contributed by atoms with Crippen molar-refractivity contribution in [3.63, 3.8) is 0 Å². The normalized spacial score (nSPS) is 18.8. The molecular weight excluding hydrogens is 324 g/mol. The molecule has 0 aliphatic carbocycles. The van der Waals surface area contributed by atoms with Gasteiger partial charge in [-0.05, 0) is 19.4 Å². The molecule has 3 heterocycles. The average Bonchev–Trinajstić information content (AvgIpc) is 3.12. The largest absolute Gasteiger partial charge is 0.374 e. The van der Waals surface area contributed by atoms with E-state index in [4.69, 9.17) is 4.74 Å². The number of amides is 1. The maximum atomic E-state index is 13.0. The fourth-order valence-electron chi connectivity index (χ4n) is 2.81. The number of hydrogen-bond donors (Lipinski definition) is 0. The first-order chi connectivity index (χ1) is 11.5. The van der Waals surface area contributed by atoms with Gasteiger partial charge in [0.25, 0.3) is 5.91 Å². The molecule has 1 unspecified atom stereocenters. The Morgan fingerprint density at radius 1 is 1.50 bits per heavy atom. The number of carbonyl (C=O) groups excluding carboxylic acids is 1. The minimum absolute atomic E-state index is 0.0332. The molecule has 6 nitrogen and oxygen atoms in total. The van der Waals surface area contributed by atoms with Crippen LogP contribution in [0.2, 0.25) is 0 Å². The molecule has 1 amide bonds. The topological polar surface area (TPSA) is 60.3 Å². The van der Waals surface area contributed by atoms with Crippen molar-refractivity contribution < 1.29 is 9.53 Å². The molecule has 0 N–H and O–H groups in total. The lowest BCUT2D eigenvalue weighted by Gasteiger charge is -2.23. The van der Waals surface area contributed by atoms with Crippen LogP contribution < -0.4 is 0 Å². The van der Waals surface area contributed by atoms with Gasteiger partial charge >= 0.3 is 0 Å². The first-order valence-electron chi connectivity index (χ1n) is 8.40. The van der Waals surface area contributed by atoms with Crippen LogP contribution in [0.3, 0.4) is 0 Å². The van der Waals surface area contributed by atoms with E-state index in [0.717, 1.165) is 28.5 Å². The average molecular weight is 348 g/mol. The first-order valence-corrected chi connectivity index (χ1v) is 9.22. The molecule has 2 aromatic heterocycles. The van der Waals surface area contributed by atoms with Crippen LogP contribution in [0.15, 0.2) is 18.5 Å². The Kier molecular flexibility index (Phi) is 5.30. The van der Waals surface area contributed by atoms with Crippen molar-refractivity contribution in [2.45, 2.75) is 45.8 Å². The monoisotopic (exact) mass is 348 g/mol. The fraction of sp³-hybridized carbons (Fsp3) is 0.588. The van der Waals surface area contributed by atoms with Gasteiger partial charge in [0.2, 0.25) is 0 Å². The molecule has 1 saturated heterocycles. The molecule has 3 rings (SSSR count). The maximum Gasteiger partial charge on any atom is 0.265 e. The summed E-state index contributed by atoms with van der Waals surface area (Å²) in [7, 11) is 0. The van der Waals surface area contributed by atoms with Crippen molar-refractivity contribution in [1.82, 2.24) is 19.7 Å². The summed E-state index contributed by atoms with van der Waals surface area (Å²) in [5.74, 6) is 0.420. The Morgan fingerprint density at radius 2 is 2.33 bits per heavy atom. The highest BCUT2D eigenvalue weighted by molar-refractivity contribution is 7.13. The molecule has 1 aliphatic heterocycles. The van der Waals surface area contributed by atoms with E-state index >= 15 is 0 Å². The Morgan fingerprint density at radius 3 is 3.00 bits per heavy atom. The molecular formula is C17H24N4O2S. The zero-order valence-corrected chi connectivity index (χ0v) is 15.3. The Labute approximate surface area is 146 Å². The molecule has 0 saturated carbocycles. The highest BCUT2D eigenvalue weighted by Crippen LogP contribution is 2.26. The van der Waals surface area contributed by atoms with E-state index in [1.54, 1.807) is 6.20 Å². The molecule has 1 fully saturated rings. The van der Waals surface area contributed by atoms with E-state index in [1.165, 1.54) is 11.3 Å². The molecule has 0 spiro atoms. The summed E-state index contributed by atoms with van der Waals surface area (Å²) < 4.78 is 7.75. The van der Waals surface area contributed by atoms with Gasteiger partial charge in [-0.15, -0.1) is 11.3 Å². The third kappa shape index (κ3) is 3.84. The van der Waals surface area contributed by atoms with Gasteiger partial charge in [0.15, 0.2) is 0 Å².